The van der Waals surface area contributed by atoms with Gasteiger partial charge in [-0.15, -0.1) is 0 Å². The second kappa shape index (κ2) is 17.5. The summed E-state index contributed by atoms with van der Waals surface area (Å²) in [7, 11) is 2.92. The van der Waals surface area contributed by atoms with Gasteiger partial charge in [-0.05, 0) is 43.5 Å². The van der Waals surface area contributed by atoms with E-state index in [0.717, 1.165) is 40.8 Å². The first-order valence-electron chi connectivity index (χ1n) is 17.0. The Morgan fingerprint density at radius 1 is 0.727 bits per heavy atom. The largest absolute Gasteiger partial charge is 0.486 e. The monoisotopic (exact) mass is 756 g/mol. The van der Waals surface area contributed by atoms with Crippen LogP contribution in [0.3, 0.4) is 0 Å². The predicted molar refractivity (Wildman–Crippen MR) is 191 cm³/mol. The summed E-state index contributed by atoms with van der Waals surface area (Å²) >= 11 is 0. The third-order valence-electron chi connectivity index (χ3n) is 8.59. The molecule has 1 aliphatic carbocycles. The quantitative estimate of drug-likeness (QED) is 0.108. The molecule has 0 bridgehead atoms. The van der Waals surface area contributed by atoms with Crippen LogP contribution in [0.2, 0.25) is 0 Å². The lowest BCUT2D eigenvalue weighted by Gasteiger charge is -2.27. The van der Waals surface area contributed by atoms with E-state index in [9.17, 15) is 22.8 Å². The highest BCUT2D eigenvalue weighted by Crippen LogP contribution is 2.35. The van der Waals surface area contributed by atoms with E-state index in [2.05, 4.69) is 34.8 Å². The van der Waals surface area contributed by atoms with Crippen LogP contribution in [0.25, 0.3) is 22.8 Å². The van der Waals surface area contributed by atoms with Crippen LogP contribution in [0.4, 0.5) is 13.2 Å². The second-order valence-corrected chi connectivity index (χ2v) is 12.1. The van der Waals surface area contributed by atoms with Gasteiger partial charge in [-0.2, -0.15) is 23.4 Å². The molecule has 6 aromatic heterocycles. The zero-order valence-corrected chi connectivity index (χ0v) is 29.7. The summed E-state index contributed by atoms with van der Waals surface area (Å²) in [6, 6.07) is 14.0. The molecule has 7 rings (SSSR count). The van der Waals surface area contributed by atoms with E-state index in [-0.39, 0.29) is 36.1 Å². The number of aldehydes is 2. The molecule has 1 aliphatic rings. The topological polar surface area (TPSA) is 158 Å². The number of pyridine rings is 4. The standard InChI is InChI=1S/C20H20N4O3.C18H15F3N4O3/c1-26-19-10-15(12-25)18(11-22-19)27-13-14-4-3-8-21-20(14)17-7-9-23-24(17)16-5-2-6-16;1-27-16-7-13(9-26)15(8-23-16)28-10-12-3-2-5-22-17(12)14-4-6-24-25(14)11-18(19,20)21/h3-4,7-12,16H,2,5-6,13H2,1H3;2-9H,10-11H2,1H3. The fourth-order valence-electron chi connectivity index (χ4n) is 5.66. The number of nitrogens with zero attached hydrogens (tertiary/aromatic N) is 8. The molecule has 14 nitrogen and oxygen atoms in total. The van der Waals surface area contributed by atoms with Crippen LogP contribution in [-0.4, -0.2) is 72.5 Å². The van der Waals surface area contributed by atoms with Gasteiger partial charge >= 0.3 is 6.18 Å². The molecule has 0 saturated heterocycles. The van der Waals surface area contributed by atoms with E-state index >= 15 is 0 Å². The molecule has 0 unspecified atom stereocenters. The van der Waals surface area contributed by atoms with E-state index in [4.69, 9.17) is 18.9 Å². The summed E-state index contributed by atoms with van der Waals surface area (Å²) in [6.07, 6.45) is 9.60. The number of hydrogen-bond donors (Lipinski definition) is 0. The maximum Gasteiger partial charge on any atom is 0.408 e. The fraction of sp³-hybridized carbons (Fsp3) is 0.263. The summed E-state index contributed by atoms with van der Waals surface area (Å²) in [5.74, 6) is 1.26. The van der Waals surface area contributed by atoms with Gasteiger partial charge in [0.25, 0.3) is 0 Å². The van der Waals surface area contributed by atoms with Crippen molar-refractivity contribution in [2.75, 3.05) is 14.2 Å². The van der Waals surface area contributed by atoms with Crippen LogP contribution < -0.4 is 18.9 Å². The van der Waals surface area contributed by atoms with Gasteiger partial charge in [-0.3, -0.25) is 28.9 Å². The van der Waals surface area contributed by atoms with E-state index < -0.39 is 12.7 Å². The lowest BCUT2D eigenvalue weighted by atomic mass is 9.93. The highest BCUT2D eigenvalue weighted by Gasteiger charge is 2.30. The third-order valence-corrected chi connectivity index (χ3v) is 8.59. The van der Waals surface area contributed by atoms with Gasteiger partial charge in [0, 0.05) is 48.0 Å². The van der Waals surface area contributed by atoms with Crippen molar-refractivity contribution in [1.29, 1.82) is 0 Å². The molecule has 0 N–H and O–H groups in total. The van der Waals surface area contributed by atoms with Crippen LogP contribution in [0.1, 0.15) is 57.1 Å². The molecule has 55 heavy (non-hydrogen) atoms. The van der Waals surface area contributed by atoms with E-state index in [1.54, 1.807) is 24.4 Å². The zero-order valence-electron chi connectivity index (χ0n) is 29.7. The number of alkyl halides is 3. The van der Waals surface area contributed by atoms with Crippen molar-refractivity contribution in [2.24, 2.45) is 0 Å². The fourth-order valence-corrected chi connectivity index (χ4v) is 5.66. The Labute approximate surface area is 312 Å². The minimum absolute atomic E-state index is 0.0325. The lowest BCUT2D eigenvalue weighted by molar-refractivity contribution is -0.142. The van der Waals surface area contributed by atoms with Crippen molar-refractivity contribution in [2.45, 2.75) is 51.2 Å². The van der Waals surface area contributed by atoms with Crippen LogP contribution in [0.15, 0.2) is 85.7 Å². The smallest absolute Gasteiger partial charge is 0.408 e. The Bertz CT molecular complexity index is 2240. The normalized spacial score (nSPS) is 12.5. The summed E-state index contributed by atoms with van der Waals surface area (Å²) in [6.45, 7) is -0.993. The van der Waals surface area contributed by atoms with Crippen LogP contribution in [-0.2, 0) is 19.8 Å². The minimum atomic E-state index is -4.42. The molecule has 0 aliphatic heterocycles. The van der Waals surface area contributed by atoms with Crippen molar-refractivity contribution in [1.82, 2.24) is 39.5 Å². The Balaban J connectivity index is 0.000000187. The molecule has 0 atom stereocenters. The van der Waals surface area contributed by atoms with E-state index in [1.165, 1.54) is 57.6 Å². The summed E-state index contributed by atoms with van der Waals surface area (Å²) in [4.78, 5) is 39.4. The Hall–Kier alpha value is -6.65. The van der Waals surface area contributed by atoms with Crippen LogP contribution in [0.5, 0.6) is 23.3 Å². The molecular formula is C38H35F3N8O6. The molecule has 0 amide bonds. The molecular weight excluding hydrogens is 721 g/mol. The van der Waals surface area contributed by atoms with Crippen molar-refractivity contribution >= 4 is 12.6 Å². The molecule has 6 heterocycles. The summed E-state index contributed by atoms with van der Waals surface area (Å²) < 4.78 is 62.7. The van der Waals surface area contributed by atoms with Gasteiger partial charge in [0.05, 0.1) is 66.6 Å². The first-order chi connectivity index (χ1) is 26.7. The van der Waals surface area contributed by atoms with Gasteiger partial charge < -0.3 is 18.9 Å². The van der Waals surface area contributed by atoms with Gasteiger partial charge in [0.1, 0.15) is 31.3 Å². The maximum absolute atomic E-state index is 12.8. The van der Waals surface area contributed by atoms with Crippen LogP contribution >= 0.6 is 0 Å². The molecule has 6 aromatic rings. The Morgan fingerprint density at radius 2 is 1.25 bits per heavy atom. The number of rotatable bonds is 14. The maximum atomic E-state index is 12.8. The number of aromatic nitrogens is 8. The number of methoxy groups -OCH3 is 2. The molecule has 1 fully saturated rings. The Morgan fingerprint density at radius 3 is 1.75 bits per heavy atom. The molecule has 0 spiro atoms. The van der Waals surface area contributed by atoms with E-state index in [1.807, 2.05) is 24.4 Å². The van der Waals surface area contributed by atoms with Gasteiger partial charge in [0.2, 0.25) is 11.8 Å². The van der Waals surface area contributed by atoms with Crippen molar-refractivity contribution < 1.29 is 41.7 Å². The number of carbonyl (C=O) groups excluding carboxylic acids is 2. The molecule has 0 aromatic carbocycles. The first kappa shape index (κ1) is 38.1. The average molecular weight is 757 g/mol. The molecule has 17 heteroatoms. The SMILES string of the molecule is COc1cc(C=O)c(OCc2cccnc2-c2ccnn2C2CCC2)cn1.COc1cc(C=O)c(OCc2cccnc2-c2ccnn2CC(F)(F)F)cn1. The number of hydrogen-bond acceptors (Lipinski definition) is 12. The summed E-state index contributed by atoms with van der Waals surface area (Å²) in [5.41, 5.74) is 4.42. The van der Waals surface area contributed by atoms with Crippen molar-refractivity contribution in [3.8, 4) is 46.0 Å². The van der Waals surface area contributed by atoms with Crippen molar-refractivity contribution in [3.05, 3.63) is 108 Å². The van der Waals surface area contributed by atoms with Gasteiger partial charge in [-0.1, -0.05) is 12.1 Å². The van der Waals surface area contributed by atoms with Gasteiger partial charge in [-0.25, -0.2) is 9.97 Å². The third kappa shape index (κ3) is 9.30. The molecule has 1 saturated carbocycles. The number of halogens is 3. The Kier molecular flexibility index (Phi) is 12.1. The van der Waals surface area contributed by atoms with Gasteiger partial charge in [0.15, 0.2) is 12.6 Å². The molecule has 0 radical (unpaired) electrons. The minimum Gasteiger partial charge on any atom is -0.486 e. The highest BCUT2D eigenvalue weighted by atomic mass is 19.4. The summed E-state index contributed by atoms with van der Waals surface area (Å²) in [5, 5.41) is 8.22. The number of ether oxygens (including phenoxy) is 4. The first-order valence-corrected chi connectivity index (χ1v) is 17.0. The van der Waals surface area contributed by atoms with Crippen LogP contribution in [0, 0.1) is 0 Å². The second-order valence-electron chi connectivity index (χ2n) is 12.1. The van der Waals surface area contributed by atoms with E-state index in [0.29, 0.717) is 40.8 Å². The zero-order chi connectivity index (χ0) is 38.8. The predicted octanol–water partition coefficient (Wildman–Crippen LogP) is 6.77. The van der Waals surface area contributed by atoms with Crippen molar-refractivity contribution in [3.63, 3.8) is 0 Å². The lowest BCUT2D eigenvalue weighted by Crippen LogP contribution is -2.19. The number of carbonyl (C=O) groups is 2. The average Bonchev–Trinajstić information content (AvgIpc) is 3.85. The highest BCUT2D eigenvalue weighted by molar-refractivity contribution is 5.80. The molecule has 284 valence electrons.